The van der Waals surface area contributed by atoms with Gasteiger partial charge in [-0.25, -0.2) is 0 Å². The summed E-state index contributed by atoms with van der Waals surface area (Å²) in [5, 5.41) is 13.3. The van der Waals surface area contributed by atoms with E-state index in [-0.39, 0.29) is 11.6 Å². The van der Waals surface area contributed by atoms with E-state index >= 15 is 0 Å². The predicted octanol–water partition coefficient (Wildman–Crippen LogP) is 1.88. The number of ether oxygens (including phenoxy) is 1. The first-order valence-corrected chi connectivity index (χ1v) is 5.04. The number of nitro groups is 1. The van der Waals surface area contributed by atoms with Crippen LogP contribution in [-0.4, -0.2) is 24.0 Å². The van der Waals surface area contributed by atoms with Gasteiger partial charge in [-0.15, -0.1) is 0 Å². The van der Waals surface area contributed by atoms with E-state index in [2.05, 4.69) is 5.32 Å². The van der Waals surface area contributed by atoms with Crippen LogP contribution in [-0.2, 0) is 9.53 Å². The van der Waals surface area contributed by atoms with E-state index in [0.29, 0.717) is 11.3 Å². The lowest BCUT2D eigenvalue weighted by molar-refractivity contribution is -0.385. The van der Waals surface area contributed by atoms with Crippen LogP contribution in [0.2, 0.25) is 0 Å². The first-order valence-electron chi connectivity index (χ1n) is 5.04. The summed E-state index contributed by atoms with van der Waals surface area (Å²) in [6.45, 7) is 3.24. The van der Waals surface area contributed by atoms with E-state index in [1.54, 1.807) is 26.0 Å². The number of nitrogens with one attached hydrogen (secondary N) is 1. The van der Waals surface area contributed by atoms with Crippen molar-refractivity contribution in [3.63, 3.8) is 0 Å². The van der Waals surface area contributed by atoms with Gasteiger partial charge < -0.3 is 10.1 Å². The average molecular weight is 238 g/mol. The molecular formula is C11H14N2O4. The van der Waals surface area contributed by atoms with Gasteiger partial charge in [0, 0.05) is 24.4 Å². The first kappa shape index (κ1) is 13.1. The minimum absolute atomic E-state index is 0.0205. The summed E-state index contributed by atoms with van der Waals surface area (Å²) in [6.07, 6.45) is -0.602. The molecule has 0 aromatic heterocycles. The lowest BCUT2D eigenvalue weighted by Crippen LogP contribution is -2.26. The lowest BCUT2D eigenvalue weighted by Gasteiger charge is -2.10. The molecule has 0 spiro atoms. The van der Waals surface area contributed by atoms with Crippen molar-refractivity contribution < 1.29 is 14.5 Å². The van der Waals surface area contributed by atoms with E-state index in [1.165, 1.54) is 13.2 Å². The molecule has 1 unspecified atom stereocenters. The first-order chi connectivity index (χ1) is 7.95. The van der Waals surface area contributed by atoms with Crippen molar-refractivity contribution in [2.45, 2.75) is 20.0 Å². The van der Waals surface area contributed by atoms with Gasteiger partial charge in [-0.3, -0.25) is 14.9 Å². The largest absolute Gasteiger partial charge is 0.372 e. The molecule has 0 aliphatic rings. The summed E-state index contributed by atoms with van der Waals surface area (Å²) in [4.78, 5) is 21.7. The van der Waals surface area contributed by atoms with Crippen LogP contribution in [0.5, 0.6) is 0 Å². The maximum Gasteiger partial charge on any atom is 0.274 e. The number of carbonyl (C=O) groups is 1. The molecule has 6 heteroatoms. The normalized spacial score (nSPS) is 11.9. The molecule has 0 heterocycles. The standard InChI is InChI=1S/C11H14N2O4/c1-7-4-5-9(6-10(7)13(15)16)12-11(14)8(2)17-3/h4-6,8H,1-3H3,(H,12,14). The third kappa shape index (κ3) is 3.25. The molecule has 0 saturated heterocycles. The molecule has 92 valence electrons. The zero-order valence-electron chi connectivity index (χ0n) is 9.89. The molecule has 1 aromatic rings. The van der Waals surface area contributed by atoms with Crippen LogP contribution in [0, 0.1) is 17.0 Å². The minimum Gasteiger partial charge on any atom is -0.372 e. The monoisotopic (exact) mass is 238 g/mol. The fourth-order valence-electron chi connectivity index (χ4n) is 1.23. The number of nitrogens with zero attached hydrogens (tertiary/aromatic N) is 1. The minimum atomic E-state index is -0.602. The molecule has 1 aromatic carbocycles. The predicted molar refractivity (Wildman–Crippen MR) is 62.9 cm³/mol. The molecule has 0 radical (unpaired) electrons. The summed E-state index contributed by atoms with van der Waals surface area (Å²) < 4.78 is 4.84. The molecule has 6 nitrogen and oxygen atoms in total. The van der Waals surface area contributed by atoms with Crippen LogP contribution in [0.15, 0.2) is 18.2 Å². The van der Waals surface area contributed by atoms with Crippen molar-refractivity contribution in [3.05, 3.63) is 33.9 Å². The zero-order valence-corrected chi connectivity index (χ0v) is 9.89. The molecule has 0 aliphatic carbocycles. The Morgan fingerprint density at radius 2 is 2.18 bits per heavy atom. The van der Waals surface area contributed by atoms with E-state index < -0.39 is 11.0 Å². The number of amides is 1. The Balaban J connectivity index is 2.90. The Morgan fingerprint density at radius 1 is 1.53 bits per heavy atom. The number of rotatable bonds is 4. The summed E-state index contributed by atoms with van der Waals surface area (Å²) in [7, 11) is 1.42. The number of carbonyl (C=O) groups excluding carboxylic acids is 1. The number of benzene rings is 1. The van der Waals surface area contributed by atoms with E-state index in [1.807, 2.05) is 0 Å². The van der Waals surface area contributed by atoms with E-state index in [9.17, 15) is 14.9 Å². The number of aryl methyl sites for hydroxylation is 1. The Bertz CT molecular complexity index is 445. The van der Waals surface area contributed by atoms with Crippen molar-refractivity contribution in [2.24, 2.45) is 0 Å². The van der Waals surface area contributed by atoms with Crippen molar-refractivity contribution in [3.8, 4) is 0 Å². The number of hydrogen-bond donors (Lipinski definition) is 1. The summed E-state index contributed by atoms with van der Waals surface area (Å²) in [6, 6.07) is 4.53. The van der Waals surface area contributed by atoms with Crippen LogP contribution in [0.4, 0.5) is 11.4 Å². The van der Waals surface area contributed by atoms with Gasteiger partial charge in [-0.1, -0.05) is 6.07 Å². The Kier molecular flexibility index (Phi) is 4.17. The highest BCUT2D eigenvalue weighted by atomic mass is 16.6. The third-order valence-corrected chi connectivity index (χ3v) is 2.40. The highest BCUT2D eigenvalue weighted by Gasteiger charge is 2.15. The van der Waals surface area contributed by atoms with Gasteiger partial charge in [0.1, 0.15) is 6.10 Å². The highest BCUT2D eigenvalue weighted by Crippen LogP contribution is 2.22. The lowest BCUT2D eigenvalue weighted by atomic mass is 10.2. The number of methoxy groups -OCH3 is 1. The van der Waals surface area contributed by atoms with Crippen LogP contribution in [0.25, 0.3) is 0 Å². The van der Waals surface area contributed by atoms with Gasteiger partial charge >= 0.3 is 0 Å². The summed E-state index contributed by atoms with van der Waals surface area (Å²) >= 11 is 0. The molecule has 1 atom stereocenters. The second-order valence-electron chi connectivity index (χ2n) is 3.63. The second kappa shape index (κ2) is 5.40. The molecule has 0 aliphatic heterocycles. The Labute approximate surface area is 98.7 Å². The van der Waals surface area contributed by atoms with Crippen molar-refractivity contribution in [1.29, 1.82) is 0 Å². The third-order valence-electron chi connectivity index (χ3n) is 2.40. The molecule has 17 heavy (non-hydrogen) atoms. The van der Waals surface area contributed by atoms with Crippen molar-refractivity contribution >= 4 is 17.3 Å². The highest BCUT2D eigenvalue weighted by molar-refractivity contribution is 5.94. The Morgan fingerprint density at radius 3 is 2.71 bits per heavy atom. The fraction of sp³-hybridized carbons (Fsp3) is 0.364. The van der Waals surface area contributed by atoms with Crippen molar-refractivity contribution in [1.82, 2.24) is 0 Å². The van der Waals surface area contributed by atoms with E-state index in [0.717, 1.165) is 0 Å². The summed E-state index contributed by atoms with van der Waals surface area (Å²) in [5.41, 5.74) is 0.914. The molecule has 1 amide bonds. The smallest absolute Gasteiger partial charge is 0.274 e. The van der Waals surface area contributed by atoms with Gasteiger partial charge in [-0.2, -0.15) is 0 Å². The average Bonchev–Trinajstić information content (AvgIpc) is 2.30. The van der Waals surface area contributed by atoms with Gasteiger partial charge in [0.05, 0.1) is 4.92 Å². The maximum absolute atomic E-state index is 11.5. The summed E-state index contributed by atoms with van der Waals surface area (Å²) in [5.74, 6) is -0.342. The molecule has 1 N–H and O–H groups in total. The second-order valence-corrected chi connectivity index (χ2v) is 3.63. The van der Waals surface area contributed by atoms with Gasteiger partial charge in [0.2, 0.25) is 0 Å². The van der Waals surface area contributed by atoms with Crippen molar-refractivity contribution in [2.75, 3.05) is 12.4 Å². The number of anilines is 1. The van der Waals surface area contributed by atoms with Crippen LogP contribution < -0.4 is 5.32 Å². The molecule has 0 bridgehead atoms. The molecule has 0 fully saturated rings. The van der Waals surface area contributed by atoms with E-state index in [4.69, 9.17) is 4.74 Å². The van der Waals surface area contributed by atoms with Crippen LogP contribution in [0.3, 0.4) is 0 Å². The van der Waals surface area contributed by atoms with Gasteiger partial charge in [-0.05, 0) is 19.9 Å². The number of nitro benzene ring substituents is 1. The van der Waals surface area contributed by atoms with Crippen LogP contribution in [0.1, 0.15) is 12.5 Å². The maximum atomic E-state index is 11.5. The molecule has 0 saturated carbocycles. The molecular weight excluding hydrogens is 224 g/mol. The SMILES string of the molecule is COC(C)C(=O)Nc1ccc(C)c([N+](=O)[O-])c1. The van der Waals surface area contributed by atoms with Gasteiger partial charge in [0.25, 0.3) is 11.6 Å². The van der Waals surface area contributed by atoms with Crippen LogP contribution >= 0.6 is 0 Å². The fourth-order valence-corrected chi connectivity index (χ4v) is 1.23. The molecule has 1 rings (SSSR count). The quantitative estimate of drug-likeness (QED) is 0.641. The topological polar surface area (TPSA) is 81.5 Å². The van der Waals surface area contributed by atoms with Gasteiger partial charge in [0.15, 0.2) is 0 Å². The Hall–Kier alpha value is -1.95. The number of hydrogen-bond acceptors (Lipinski definition) is 4. The zero-order chi connectivity index (χ0) is 13.0.